The fourth-order valence-corrected chi connectivity index (χ4v) is 4.09. The second-order valence-electron chi connectivity index (χ2n) is 6.76. The predicted molar refractivity (Wildman–Crippen MR) is 67.5 cm³/mol. The minimum absolute atomic E-state index is 0.308. The average molecular weight is 225 g/mol. The third-order valence-corrected chi connectivity index (χ3v) is 5.51. The summed E-state index contributed by atoms with van der Waals surface area (Å²) in [5.41, 5.74) is 0.707. The number of piperidine rings is 1. The number of hydrogen-bond acceptors (Lipinski definition) is 2. The highest BCUT2D eigenvalue weighted by atomic mass is 16.5. The first kappa shape index (κ1) is 12.4. The van der Waals surface area contributed by atoms with Crippen LogP contribution in [0.2, 0.25) is 0 Å². The minimum Gasteiger partial charge on any atom is -0.378 e. The van der Waals surface area contributed by atoms with Crippen molar-refractivity contribution in [2.24, 2.45) is 17.3 Å². The van der Waals surface area contributed by atoms with E-state index >= 15 is 0 Å². The molecule has 0 aliphatic carbocycles. The number of rotatable bonds is 0. The molecule has 0 aromatic heterocycles. The Balaban J connectivity index is 2.33. The van der Waals surface area contributed by atoms with E-state index < -0.39 is 0 Å². The first-order valence-corrected chi connectivity index (χ1v) is 6.63. The summed E-state index contributed by atoms with van der Waals surface area (Å²) in [4.78, 5) is 2.51. The van der Waals surface area contributed by atoms with Gasteiger partial charge in [-0.3, -0.25) is 0 Å². The fraction of sp³-hybridized carbons (Fsp3) is 1.00. The standard InChI is InChI=1S/C14H27NO/c1-10-7-15(6)13(4,5)9-14(10)11(2)8-16-12(14)3/h10-12H,7-9H2,1-6H3. The van der Waals surface area contributed by atoms with Crippen LogP contribution in [0.4, 0.5) is 0 Å². The molecule has 0 N–H and O–H groups in total. The van der Waals surface area contributed by atoms with Gasteiger partial charge in [0.2, 0.25) is 0 Å². The molecule has 0 saturated carbocycles. The molecule has 0 aromatic carbocycles. The Bertz CT molecular complexity index is 264. The maximum absolute atomic E-state index is 5.94. The second kappa shape index (κ2) is 3.71. The zero-order chi connectivity index (χ0) is 12.1. The third kappa shape index (κ3) is 1.53. The minimum atomic E-state index is 0.308. The van der Waals surface area contributed by atoms with Gasteiger partial charge >= 0.3 is 0 Å². The summed E-state index contributed by atoms with van der Waals surface area (Å²) in [6.45, 7) is 14.0. The Morgan fingerprint density at radius 1 is 1.12 bits per heavy atom. The van der Waals surface area contributed by atoms with E-state index in [1.807, 2.05) is 0 Å². The zero-order valence-electron chi connectivity index (χ0n) is 11.7. The molecule has 0 bridgehead atoms. The van der Waals surface area contributed by atoms with Crippen LogP contribution in [0.15, 0.2) is 0 Å². The summed E-state index contributed by atoms with van der Waals surface area (Å²) in [6.07, 6.45) is 1.69. The molecule has 16 heavy (non-hydrogen) atoms. The van der Waals surface area contributed by atoms with E-state index in [4.69, 9.17) is 4.74 Å². The fourth-order valence-electron chi connectivity index (χ4n) is 4.09. The van der Waals surface area contributed by atoms with Crippen LogP contribution in [0, 0.1) is 17.3 Å². The highest BCUT2D eigenvalue weighted by Gasteiger charge is 2.56. The van der Waals surface area contributed by atoms with Gasteiger partial charge in [0.15, 0.2) is 0 Å². The summed E-state index contributed by atoms with van der Waals surface area (Å²) < 4.78 is 5.94. The van der Waals surface area contributed by atoms with Crippen LogP contribution in [0.25, 0.3) is 0 Å². The molecule has 2 aliphatic heterocycles. The zero-order valence-corrected chi connectivity index (χ0v) is 11.7. The molecule has 2 saturated heterocycles. The van der Waals surface area contributed by atoms with Crippen molar-refractivity contribution in [1.82, 2.24) is 4.90 Å². The van der Waals surface area contributed by atoms with E-state index in [0.29, 0.717) is 23.0 Å². The van der Waals surface area contributed by atoms with Gasteiger partial charge in [-0.05, 0) is 46.1 Å². The van der Waals surface area contributed by atoms with Gasteiger partial charge in [0, 0.05) is 17.5 Å². The van der Waals surface area contributed by atoms with E-state index in [0.717, 1.165) is 12.5 Å². The summed E-state index contributed by atoms with van der Waals surface area (Å²) in [5, 5.41) is 0. The van der Waals surface area contributed by atoms with Gasteiger partial charge in [-0.25, -0.2) is 0 Å². The van der Waals surface area contributed by atoms with E-state index in [1.54, 1.807) is 0 Å². The summed E-state index contributed by atoms with van der Waals surface area (Å²) in [5.74, 6) is 1.43. The number of likely N-dealkylation sites (tertiary alicyclic amines) is 1. The van der Waals surface area contributed by atoms with Crippen molar-refractivity contribution in [3.63, 3.8) is 0 Å². The Kier molecular flexibility index (Phi) is 2.87. The van der Waals surface area contributed by atoms with Crippen LogP contribution < -0.4 is 0 Å². The highest BCUT2D eigenvalue weighted by Crippen LogP contribution is 2.54. The lowest BCUT2D eigenvalue weighted by atomic mass is 9.58. The van der Waals surface area contributed by atoms with Crippen LogP contribution in [0.3, 0.4) is 0 Å². The Morgan fingerprint density at radius 2 is 1.75 bits per heavy atom. The third-order valence-electron chi connectivity index (χ3n) is 5.51. The maximum atomic E-state index is 5.94. The summed E-state index contributed by atoms with van der Waals surface area (Å²) in [7, 11) is 2.26. The molecule has 0 radical (unpaired) electrons. The number of ether oxygens (including phenoxy) is 1. The average Bonchev–Trinajstić information content (AvgIpc) is 2.44. The molecule has 4 unspecified atom stereocenters. The normalized spacial score (nSPS) is 48.8. The number of nitrogens with zero attached hydrogens (tertiary/aromatic N) is 1. The summed E-state index contributed by atoms with van der Waals surface area (Å²) >= 11 is 0. The molecule has 2 heterocycles. The molecule has 2 heteroatoms. The van der Waals surface area contributed by atoms with Gasteiger partial charge < -0.3 is 9.64 Å². The Hall–Kier alpha value is -0.0800. The van der Waals surface area contributed by atoms with Crippen LogP contribution in [-0.2, 0) is 4.74 Å². The quantitative estimate of drug-likeness (QED) is 0.628. The molecule has 2 nitrogen and oxygen atoms in total. The van der Waals surface area contributed by atoms with E-state index in [1.165, 1.54) is 13.0 Å². The van der Waals surface area contributed by atoms with Crippen LogP contribution >= 0.6 is 0 Å². The largest absolute Gasteiger partial charge is 0.378 e. The Labute approximate surface area is 100 Å². The molecule has 4 atom stereocenters. The van der Waals surface area contributed by atoms with E-state index in [-0.39, 0.29) is 0 Å². The van der Waals surface area contributed by atoms with Crippen molar-refractivity contribution >= 4 is 0 Å². The second-order valence-corrected chi connectivity index (χ2v) is 6.76. The molecule has 2 aliphatic rings. The SMILES string of the molecule is CC1COC(C)C12CC(C)(C)N(C)CC2C. The first-order valence-electron chi connectivity index (χ1n) is 6.63. The lowest BCUT2D eigenvalue weighted by Gasteiger charge is -2.55. The molecule has 94 valence electrons. The molecule has 0 amide bonds. The van der Waals surface area contributed by atoms with Crippen molar-refractivity contribution in [2.45, 2.75) is 52.7 Å². The van der Waals surface area contributed by atoms with Crippen LogP contribution in [0.5, 0.6) is 0 Å². The summed E-state index contributed by atoms with van der Waals surface area (Å²) in [6, 6.07) is 0. The van der Waals surface area contributed by atoms with Gasteiger partial charge in [-0.2, -0.15) is 0 Å². The van der Waals surface area contributed by atoms with Crippen molar-refractivity contribution in [1.29, 1.82) is 0 Å². The van der Waals surface area contributed by atoms with Gasteiger partial charge in [0.1, 0.15) is 0 Å². The number of hydrogen-bond donors (Lipinski definition) is 0. The molecule has 2 fully saturated rings. The van der Waals surface area contributed by atoms with E-state index in [2.05, 4.69) is 46.6 Å². The van der Waals surface area contributed by atoms with Crippen LogP contribution in [0.1, 0.15) is 41.0 Å². The van der Waals surface area contributed by atoms with Crippen molar-refractivity contribution in [3.05, 3.63) is 0 Å². The van der Waals surface area contributed by atoms with E-state index in [9.17, 15) is 0 Å². The molecule has 2 rings (SSSR count). The van der Waals surface area contributed by atoms with Gasteiger partial charge in [-0.1, -0.05) is 13.8 Å². The monoisotopic (exact) mass is 225 g/mol. The van der Waals surface area contributed by atoms with Crippen LogP contribution in [-0.4, -0.2) is 36.7 Å². The first-order chi connectivity index (χ1) is 7.30. The predicted octanol–water partition coefficient (Wildman–Crippen LogP) is 2.78. The van der Waals surface area contributed by atoms with Crippen molar-refractivity contribution < 1.29 is 4.74 Å². The lowest BCUT2D eigenvalue weighted by molar-refractivity contribution is -0.0775. The lowest BCUT2D eigenvalue weighted by Crippen LogP contribution is -2.59. The van der Waals surface area contributed by atoms with Crippen molar-refractivity contribution in [3.8, 4) is 0 Å². The Morgan fingerprint density at radius 3 is 2.25 bits per heavy atom. The van der Waals surface area contributed by atoms with Gasteiger partial charge in [-0.15, -0.1) is 0 Å². The molecular weight excluding hydrogens is 198 g/mol. The molecular formula is C14H27NO. The smallest absolute Gasteiger partial charge is 0.0610 e. The van der Waals surface area contributed by atoms with Gasteiger partial charge in [0.25, 0.3) is 0 Å². The molecule has 0 aromatic rings. The maximum Gasteiger partial charge on any atom is 0.0610 e. The topological polar surface area (TPSA) is 12.5 Å². The molecule has 1 spiro atoms. The van der Waals surface area contributed by atoms with Crippen molar-refractivity contribution in [2.75, 3.05) is 20.2 Å². The highest BCUT2D eigenvalue weighted by molar-refractivity contribution is 5.06. The van der Waals surface area contributed by atoms with Gasteiger partial charge in [0.05, 0.1) is 12.7 Å².